The summed E-state index contributed by atoms with van der Waals surface area (Å²) in [5, 5.41) is 0. The molecule has 0 spiro atoms. The molecule has 4 aromatic carbocycles. The molecule has 4 aromatic rings. The highest BCUT2D eigenvalue weighted by Crippen LogP contribution is 2.44. The fraction of sp³-hybridized carbons (Fsp3) is 0.111. The van der Waals surface area contributed by atoms with E-state index >= 15 is 4.39 Å². The van der Waals surface area contributed by atoms with E-state index in [0.717, 1.165) is 22.4 Å². The van der Waals surface area contributed by atoms with Gasteiger partial charge in [-0.05, 0) is 52.6 Å². The van der Waals surface area contributed by atoms with Gasteiger partial charge in [0.2, 0.25) is 0 Å². The summed E-state index contributed by atoms with van der Waals surface area (Å²) in [6, 6.07) is 31.0. The number of ether oxygens (including phenoxy) is 1. The fourth-order valence-corrected chi connectivity index (χ4v) is 4.00. The summed E-state index contributed by atoms with van der Waals surface area (Å²) in [5.41, 5.74) is 3.51. The van der Waals surface area contributed by atoms with E-state index < -0.39 is 0 Å². The van der Waals surface area contributed by atoms with Crippen molar-refractivity contribution in [2.75, 3.05) is 7.11 Å². The monoisotopic (exact) mass is 400 g/mol. The van der Waals surface area contributed by atoms with Crippen LogP contribution in [0, 0.1) is 11.6 Å². The number of halogens is 2. The van der Waals surface area contributed by atoms with E-state index in [9.17, 15) is 4.39 Å². The van der Waals surface area contributed by atoms with Crippen molar-refractivity contribution in [2.45, 2.75) is 11.8 Å². The van der Waals surface area contributed by atoms with Crippen molar-refractivity contribution in [3.8, 4) is 5.75 Å². The number of benzene rings is 4. The Morgan fingerprint density at radius 3 is 1.73 bits per heavy atom. The van der Waals surface area contributed by atoms with Gasteiger partial charge in [-0.25, -0.2) is 8.78 Å². The van der Waals surface area contributed by atoms with Crippen LogP contribution in [-0.4, -0.2) is 7.11 Å². The van der Waals surface area contributed by atoms with Crippen LogP contribution >= 0.6 is 0 Å². The van der Waals surface area contributed by atoms with Crippen molar-refractivity contribution < 1.29 is 13.5 Å². The standard InChI is InChI=1S/C27H22F2O/c1-30-23-17-13-20(14-18-23)26(19-7-3-2-4-8-19)27(21-11-15-22(28)16-12-21)24-9-5-6-10-25(24)29/h2-18,26-27H,1H3. The molecule has 1 nitrogen and oxygen atoms in total. The predicted octanol–water partition coefficient (Wildman–Crippen LogP) is 6.94. The van der Waals surface area contributed by atoms with Crippen LogP contribution in [0.3, 0.4) is 0 Å². The third kappa shape index (κ3) is 4.11. The third-order valence-corrected chi connectivity index (χ3v) is 5.44. The molecular formula is C27H22F2O. The first-order valence-corrected chi connectivity index (χ1v) is 9.86. The van der Waals surface area contributed by atoms with Gasteiger partial charge in [-0.15, -0.1) is 0 Å². The van der Waals surface area contributed by atoms with E-state index in [1.165, 1.54) is 18.2 Å². The minimum atomic E-state index is -0.331. The zero-order valence-corrected chi connectivity index (χ0v) is 16.6. The molecule has 0 fully saturated rings. The van der Waals surface area contributed by atoms with Crippen LogP contribution in [0.25, 0.3) is 0 Å². The summed E-state index contributed by atoms with van der Waals surface area (Å²) in [7, 11) is 1.63. The van der Waals surface area contributed by atoms with Crippen molar-refractivity contribution in [1.29, 1.82) is 0 Å². The molecule has 0 amide bonds. The quantitative estimate of drug-likeness (QED) is 0.341. The molecule has 0 N–H and O–H groups in total. The molecule has 0 aliphatic heterocycles. The molecule has 3 heteroatoms. The van der Waals surface area contributed by atoms with Gasteiger partial charge in [0.15, 0.2) is 0 Å². The van der Waals surface area contributed by atoms with Gasteiger partial charge >= 0.3 is 0 Å². The highest BCUT2D eigenvalue weighted by atomic mass is 19.1. The van der Waals surface area contributed by atoms with Crippen LogP contribution in [0.15, 0.2) is 103 Å². The minimum absolute atomic E-state index is 0.167. The lowest BCUT2D eigenvalue weighted by Crippen LogP contribution is -2.16. The predicted molar refractivity (Wildman–Crippen MR) is 116 cm³/mol. The van der Waals surface area contributed by atoms with E-state index in [1.807, 2.05) is 66.7 Å². The van der Waals surface area contributed by atoms with Crippen molar-refractivity contribution in [3.63, 3.8) is 0 Å². The molecule has 0 heterocycles. The Labute approximate surface area is 175 Å². The molecule has 0 saturated heterocycles. The molecule has 0 radical (unpaired) electrons. The molecular weight excluding hydrogens is 378 g/mol. The van der Waals surface area contributed by atoms with Gasteiger partial charge in [0.1, 0.15) is 17.4 Å². The molecule has 4 rings (SSSR count). The van der Waals surface area contributed by atoms with Gasteiger partial charge in [-0.3, -0.25) is 0 Å². The minimum Gasteiger partial charge on any atom is -0.497 e. The average Bonchev–Trinajstić information content (AvgIpc) is 2.80. The largest absolute Gasteiger partial charge is 0.497 e. The summed E-state index contributed by atoms with van der Waals surface area (Å²) in [6.45, 7) is 0. The Balaban J connectivity index is 1.94. The van der Waals surface area contributed by atoms with E-state index in [0.29, 0.717) is 5.56 Å². The van der Waals surface area contributed by atoms with Crippen LogP contribution in [0.1, 0.15) is 34.1 Å². The van der Waals surface area contributed by atoms with Gasteiger partial charge < -0.3 is 4.74 Å². The normalized spacial score (nSPS) is 12.9. The van der Waals surface area contributed by atoms with Crippen LogP contribution in [-0.2, 0) is 0 Å². The number of rotatable bonds is 6. The average molecular weight is 400 g/mol. The molecule has 0 saturated carbocycles. The zero-order valence-electron chi connectivity index (χ0n) is 16.6. The van der Waals surface area contributed by atoms with Crippen LogP contribution in [0.5, 0.6) is 5.75 Å². The molecule has 2 unspecified atom stereocenters. The van der Waals surface area contributed by atoms with Gasteiger partial charge in [0, 0.05) is 11.8 Å². The third-order valence-electron chi connectivity index (χ3n) is 5.44. The van der Waals surface area contributed by atoms with Crippen molar-refractivity contribution >= 4 is 0 Å². The first kappa shape index (κ1) is 19.8. The van der Waals surface area contributed by atoms with Crippen LogP contribution < -0.4 is 4.74 Å². The van der Waals surface area contributed by atoms with Crippen molar-refractivity contribution in [1.82, 2.24) is 0 Å². The SMILES string of the molecule is COc1ccc(C(c2ccccc2)C(c2ccc(F)cc2)c2ccccc2F)cc1. The molecule has 150 valence electrons. The number of hydrogen-bond acceptors (Lipinski definition) is 1. The van der Waals surface area contributed by atoms with E-state index in [-0.39, 0.29) is 23.5 Å². The number of methoxy groups -OCH3 is 1. The van der Waals surface area contributed by atoms with Crippen molar-refractivity contribution in [3.05, 3.63) is 137 Å². The molecule has 0 bridgehead atoms. The first-order valence-electron chi connectivity index (χ1n) is 9.86. The van der Waals surface area contributed by atoms with Gasteiger partial charge in [-0.2, -0.15) is 0 Å². The summed E-state index contributed by atoms with van der Waals surface area (Å²) in [4.78, 5) is 0. The fourth-order valence-electron chi connectivity index (χ4n) is 4.00. The second kappa shape index (κ2) is 8.91. The zero-order chi connectivity index (χ0) is 20.9. The summed E-state index contributed by atoms with van der Waals surface area (Å²) in [6.07, 6.45) is 0. The highest BCUT2D eigenvalue weighted by Gasteiger charge is 2.30. The second-order valence-electron chi connectivity index (χ2n) is 7.21. The molecule has 0 aliphatic rings. The lowest BCUT2D eigenvalue weighted by atomic mass is 9.73. The van der Waals surface area contributed by atoms with Crippen molar-refractivity contribution in [2.24, 2.45) is 0 Å². The summed E-state index contributed by atoms with van der Waals surface area (Å²) >= 11 is 0. The molecule has 0 aliphatic carbocycles. The molecule has 0 aromatic heterocycles. The Morgan fingerprint density at radius 1 is 0.567 bits per heavy atom. The Hall–Kier alpha value is -3.46. The lowest BCUT2D eigenvalue weighted by molar-refractivity contribution is 0.414. The second-order valence-corrected chi connectivity index (χ2v) is 7.21. The van der Waals surface area contributed by atoms with E-state index in [2.05, 4.69) is 0 Å². The Kier molecular flexibility index (Phi) is 5.89. The summed E-state index contributed by atoms with van der Waals surface area (Å²) in [5.74, 6) is -0.329. The van der Waals surface area contributed by atoms with Crippen LogP contribution in [0.4, 0.5) is 8.78 Å². The number of hydrogen-bond donors (Lipinski definition) is 0. The highest BCUT2D eigenvalue weighted by molar-refractivity contribution is 5.46. The smallest absolute Gasteiger partial charge is 0.127 e. The Morgan fingerprint density at radius 2 is 1.10 bits per heavy atom. The maximum atomic E-state index is 15.0. The maximum Gasteiger partial charge on any atom is 0.127 e. The van der Waals surface area contributed by atoms with Gasteiger partial charge in [-0.1, -0.05) is 72.8 Å². The van der Waals surface area contributed by atoms with Crippen LogP contribution in [0.2, 0.25) is 0 Å². The van der Waals surface area contributed by atoms with Gasteiger partial charge in [0.25, 0.3) is 0 Å². The van der Waals surface area contributed by atoms with E-state index in [1.54, 1.807) is 25.3 Å². The lowest BCUT2D eigenvalue weighted by Gasteiger charge is -2.30. The summed E-state index contributed by atoms with van der Waals surface area (Å²) < 4.78 is 34.0. The Bertz CT molecular complexity index is 1090. The van der Waals surface area contributed by atoms with E-state index in [4.69, 9.17) is 4.74 Å². The molecule has 2 atom stereocenters. The maximum absolute atomic E-state index is 15.0. The topological polar surface area (TPSA) is 9.23 Å². The first-order chi connectivity index (χ1) is 14.7. The van der Waals surface area contributed by atoms with Gasteiger partial charge in [0.05, 0.1) is 7.11 Å². The molecule has 30 heavy (non-hydrogen) atoms.